The molecule has 5 aromatic rings. The molecular formula is C28H24FN3O4S. The molecule has 0 fully saturated rings. The number of nitrogens with zero attached hydrogens (tertiary/aromatic N) is 2. The fraction of sp³-hybridized carbons (Fsp3) is 0.107. The van der Waals surface area contributed by atoms with Crippen LogP contribution in [0.2, 0.25) is 0 Å². The highest BCUT2D eigenvalue weighted by Gasteiger charge is 2.15. The maximum atomic E-state index is 13.1. The van der Waals surface area contributed by atoms with E-state index in [1.165, 1.54) is 12.1 Å². The molecule has 37 heavy (non-hydrogen) atoms. The molecule has 0 atom stereocenters. The topological polar surface area (TPSA) is 93.5 Å². The third-order valence-electron chi connectivity index (χ3n) is 5.81. The van der Waals surface area contributed by atoms with Gasteiger partial charge in [-0.2, -0.15) is 0 Å². The molecule has 0 bridgehead atoms. The number of halogens is 1. The minimum Gasteiger partial charge on any atom is -0.494 e. The SMILES string of the molecule is Cc1nc(-c2cccc(NS(C)(=O)=O)c2)cc2cn(Cc3ccc(Oc4ccc(F)cc4)cc3)c(O)c12. The standard InChI is InChI=1S/C28H24FN3O4S/c1-18-27-21(15-26(30-18)20-4-3-5-23(14-20)31-37(2,34)35)17-32(28(27)33)16-19-6-10-24(11-7-19)36-25-12-8-22(29)9-13-25/h3-15,17,31,33H,16H2,1-2H3. The van der Waals surface area contributed by atoms with Crippen molar-refractivity contribution in [1.82, 2.24) is 9.55 Å². The molecule has 0 radical (unpaired) electrons. The quantitative estimate of drug-likeness (QED) is 0.273. The summed E-state index contributed by atoms with van der Waals surface area (Å²) in [6.45, 7) is 2.26. The van der Waals surface area contributed by atoms with Crippen LogP contribution >= 0.6 is 0 Å². The number of hydrogen-bond acceptors (Lipinski definition) is 5. The Hall–Kier alpha value is -4.37. The van der Waals surface area contributed by atoms with Gasteiger partial charge >= 0.3 is 0 Å². The third-order valence-corrected chi connectivity index (χ3v) is 6.42. The highest BCUT2D eigenvalue weighted by Crippen LogP contribution is 2.34. The second-order valence-corrected chi connectivity index (χ2v) is 10.5. The van der Waals surface area contributed by atoms with Crippen molar-refractivity contribution in [2.45, 2.75) is 13.5 Å². The van der Waals surface area contributed by atoms with Crippen LogP contribution in [-0.2, 0) is 16.6 Å². The Labute approximate surface area is 213 Å². The lowest BCUT2D eigenvalue weighted by Crippen LogP contribution is -2.09. The molecule has 0 amide bonds. The van der Waals surface area contributed by atoms with Crippen LogP contribution in [0.5, 0.6) is 17.4 Å². The molecule has 0 saturated heterocycles. The van der Waals surface area contributed by atoms with Crippen molar-refractivity contribution in [3.05, 3.63) is 102 Å². The van der Waals surface area contributed by atoms with Gasteiger partial charge in [0.15, 0.2) is 0 Å². The second-order valence-electron chi connectivity index (χ2n) is 8.79. The van der Waals surface area contributed by atoms with Crippen LogP contribution in [0.4, 0.5) is 10.1 Å². The number of aryl methyl sites for hydroxylation is 1. The van der Waals surface area contributed by atoms with Crippen LogP contribution in [0.25, 0.3) is 22.0 Å². The van der Waals surface area contributed by atoms with E-state index >= 15 is 0 Å². The molecule has 7 nitrogen and oxygen atoms in total. The number of benzene rings is 3. The molecule has 0 aliphatic carbocycles. The summed E-state index contributed by atoms with van der Waals surface area (Å²) < 4.78 is 46.3. The van der Waals surface area contributed by atoms with Crippen molar-refractivity contribution in [3.63, 3.8) is 0 Å². The molecule has 0 spiro atoms. The average Bonchev–Trinajstić information content (AvgIpc) is 3.16. The predicted molar refractivity (Wildman–Crippen MR) is 142 cm³/mol. The predicted octanol–water partition coefficient (Wildman–Crippen LogP) is 6.07. The molecule has 2 N–H and O–H groups in total. The third kappa shape index (κ3) is 5.57. The molecule has 0 aliphatic heterocycles. The lowest BCUT2D eigenvalue weighted by molar-refractivity contribution is 0.430. The number of pyridine rings is 1. The van der Waals surface area contributed by atoms with Gasteiger partial charge in [0.1, 0.15) is 17.3 Å². The highest BCUT2D eigenvalue weighted by molar-refractivity contribution is 7.92. The van der Waals surface area contributed by atoms with Crippen molar-refractivity contribution in [2.75, 3.05) is 11.0 Å². The van der Waals surface area contributed by atoms with Crippen molar-refractivity contribution in [1.29, 1.82) is 0 Å². The molecule has 0 unspecified atom stereocenters. The van der Waals surface area contributed by atoms with E-state index in [-0.39, 0.29) is 11.7 Å². The van der Waals surface area contributed by atoms with E-state index in [0.717, 1.165) is 22.8 Å². The first kappa shape index (κ1) is 24.3. The van der Waals surface area contributed by atoms with Gasteiger partial charge in [0, 0.05) is 22.8 Å². The van der Waals surface area contributed by atoms with Crippen LogP contribution in [-0.4, -0.2) is 29.3 Å². The van der Waals surface area contributed by atoms with E-state index in [9.17, 15) is 17.9 Å². The molecule has 2 aromatic heterocycles. The van der Waals surface area contributed by atoms with E-state index in [1.54, 1.807) is 34.9 Å². The Kier molecular flexibility index (Phi) is 6.31. The maximum absolute atomic E-state index is 13.1. The van der Waals surface area contributed by atoms with Crippen molar-refractivity contribution in [2.24, 2.45) is 0 Å². The fourth-order valence-electron chi connectivity index (χ4n) is 4.19. The number of anilines is 1. The number of aromatic nitrogens is 2. The Morgan fingerprint density at radius 1 is 1.00 bits per heavy atom. The first-order valence-electron chi connectivity index (χ1n) is 11.4. The van der Waals surface area contributed by atoms with Gasteiger partial charge in [-0.05, 0) is 67.1 Å². The number of hydrogen-bond donors (Lipinski definition) is 2. The lowest BCUT2D eigenvalue weighted by atomic mass is 10.1. The van der Waals surface area contributed by atoms with Crippen LogP contribution in [0.1, 0.15) is 11.3 Å². The van der Waals surface area contributed by atoms with Gasteiger partial charge in [0.2, 0.25) is 15.9 Å². The minimum absolute atomic E-state index is 0.116. The molecular weight excluding hydrogens is 493 g/mol. The summed E-state index contributed by atoms with van der Waals surface area (Å²) in [7, 11) is -3.40. The van der Waals surface area contributed by atoms with Crippen LogP contribution in [0, 0.1) is 12.7 Å². The molecule has 5 rings (SSSR count). The Balaban J connectivity index is 1.39. The largest absolute Gasteiger partial charge is 0.494 e. The molecule has 188 valence electrons. The monoisotopic (exact) mass is 517 g/mol. The Morgan fingerprint density at radius 2 is 1.68 bits per heavy atom. The van der Waals surface area contributed by atoms with E-state index in [2.05, 4.69) is 9.71 Å². The van der Waals surface area contributed by atoms with E-state index in [1.807, 2.05) is 49.5 Å². The summed E-state index contributed by atoms with van der Waals surface area (Å²) in [6.07, 6.45) is 2.97. The van der Waals surface area contributed by atoms with Crippen LogP contribution in [0.3, 0.4) is 0 Å². The van der Waals surface area contributed by atoms with Gasteiger partial charge in [-0.15, -0.1) is 0 Å². The molecule has 3 aromatic carbocycles. The maximum Gasteiger partial charge on any atom is 0.229 e. The number of sulfonamides is 1. The van der Waals surface area contributed by atoms with Gasteiger partial charge in [0.25, 0.3) is 0 Å². The number of aromatic hydroxyl groups is 1. The summed E-state index contributed by atoms with van der Waals surface area (Å²) in [4.78, 5) is 4.66. The Bertz CT molecular complexity index is 1700. The highest BCUT2D eigenvalue weighted by atomic mass is 32.2. The lowest BCUT2D eigenvalue weighted by Gasteiger charge is -2.09. The Morgan fingerprint density at radius 3 is 2.35 bits per heavy atom. The summed E-state index contributed by atoms with van der Waals surface area (Å²) in [5.41, 5.74) is 3.48. The van der Waals surface area contributed by atoms with E-state index in [4.69, 9.17) is 4.74 Å². The molecule has 9 heteroatoms. The van der Waals surface area contributed by atoms with Crippen molar-refractivity contribution >= 4 is 26.5 Å². The number of ether oxygens (including phenoxy) is 1. The number of rotatable bonds is 7. The summed E-state index contributed by atoms with van der Waals surface area (Å²) in [6, 6.07) is 22.1. The van der Waals surface area contributed by atoms with Crippen LogP contribution in [0.15, 0.2) is 85.1 Å². The minimum atomic E-state index is -3.40. The molecule has 0 aliphatic rings. The van der Waals surface area contributed by atoms with Crippen molar-refractivity contribution < 1.29 is 22.7 Å². The van der Waals surface area contributed by atoms with Gasteiger partial charge in [-0.1, -0.05) is 24.3 Å². The summed E-state index contributed by atoms with van der Waals surface area (Å²) >= 11 is 0. The zero-order valence-corrected chi connectivity index (χ0v) is 21.0. The van der Waals surface area contributed by atoms with Crippen molar-refractivity contribution in [3.8, 4) is 28.6 Å². The first-order valence-corrected chi connectivity index (χ1v) is 13.3. The fourth-order valence-corrected chi connectivity index (χ4v) is 4.74. The van der Waals surface area contributed by atoms with Gasteiger partial charge in [-0.25, -0.2) is 12.8 Å². The number of nitrogens with one attached hydrogen (secondary N) is 1. The van der Waals surface area contributed by atoms with Gasteiger partial charge in [0.05, 0.1) is 29.6 Å². The normalized spacial score (nSPS) is 11.5. The van der Waals surface area contributed by atoms with Gasteiger partial charge < -0.3 is 14.4 Å². The zero-order chi connectivity index (χ0) is 26.2. The smallest absolute Gasteiger partial charge is 0.229 e. The summed E-state index contributed by atoms with van der Waals surface area (Å²) in [5.74, 6) is 0.955. The summed E-state index contributed by atoms with van der Waals surface area (Å²) in [5, 5.41) is 12.4. The molecule has 0 saturated carbocycles. The zero-order valence-electron chi connectivity index (χ0n) is 20.1. The number of fused-ring (bicyclic) bond motifs is 1. The average molecular weight is 518 g/mol. The van der Waals surface area contributed by atoms with E-state index < -0.39 is 10.0 Å². The van der Waals surface area contributed by atoms with Crippen LogP contribution < -0.4 is 9.46 Å². The molecule has 2 heterocycles. The first-order chi connectivity index (χ1) is 17.6. The van der Waals surface area contributed by atoms with Gasteiger partial charge in [-0.3, -0.25) is 9.71 Å². The van der Waals surface area contributed by atoms with E-state index in [0.29, 0.717) is 40.5 Å². The second kappa shape index (κ2) is 9.59.